The maximum Gasteiger partial charge on any atom is 0.260 e. The second-order valence-corrected chi connectivity index (χ2v) is 16.1. The Morgan fingerprint density at radius 2 is 1.14 bits per heavy atom. The molecule has 0 atom stereocenters. The molecule has 14 heteroatoms. The fraction of sp³-hybridized carbons (Fsp3) is 0.0893. The number of aromatic hydroxyl groups is 4. The molecule has 0 fully saturated rings. The summed E-state index contributed by atoms with van der Waals surface area (Å²) < 4.78 is 27.6. The number of rotatable bonds is 4. The number of hydrogen-bond acceptors (Lipinski definition) is 9. The Labute approximate surface area is 408 Å². The Bertz CT molecular complexity index is 3370. The van der Waals surface area contributed by atoms with Crippen LogP contribution in [0.1, 0.15) is 26.3 Å². The highest BCUT2D eigenvalue weighted by Gasteiger charge is 2.20. The fourth-order valence-electron chi connectivity index (χ4n) is 7.46. The summed E-state index contributed by atoms with van der Waals surface area (Å²) in [6, 6.07) is 51.2. The molecular weight excluding hydrogens is 914 g/mol. The van der Waals surface area contributed by atoms with Crippen molar-refractivity contribution in [1.82, 2.24) is 4.57 Å². The van der Waals surface area contributed by atoms with Crippen molar-refractivity contribution < 1.29 is 38.8 Å². The number of fused-ring (bicyclic) bond motifs is 6. The average molecular weight is 963 g/mol. The summed E-state index contributed by atoms with van der Waals surface area (Å²) in [6.07, 6.45) is 0. The number of pyridine rings is 1. The summed E-state index contributed by atoms with van der Waals surface area (Å²) in [5.74, 6) is -0.758. The summed E-state index contributed by atoms with van der Waals surface area (Å²) in [5, 5.41) is 42.0. The van der Waals surface area contributed by atoms with E-state index in [1.807, 2.05) is 62.6 Å². The van der Waals surface area contributed by atoms with Crippen molar-refractivity contribution in [3.8, 4) is 34.1 Å². The molecule has 5 N–H and O–H groups in total. The number of phenolic OH excluding ortho intramolecular Hbond substituents is 4. The lowest BCUT2D eigenvalue weighted by atomic mass is 9.94. The highest BCUT2D eigenvalue weighted by atomic mass is 35.5. The van der Waals surface area contributed by atoms with Gasteiger partial charge >= 0.3 is 0 Å². The van der Waals surface area contributed by atoms with Crippen molar-refractivity contribution in [2.75, 3.05) is 36.3 Å². The van der Waals surface area contributed by atoms with Gasteiger partial charge in [0.15, 0.2) is 0 Å². The van der Waals surface area contributed by atoms with E-state index in [1.54, 1.807) is 72.3 Å². The van der Waals surface area contributed by atoms with Crippen LogP contribution in [0.2, 0.25) is 0 Å². The molecule has 0 radical (unpaired) electrons. The van der Waals surface area contributed by atoms with Gasteiger partial charge in [0.1, 0.15) is 34.6 Å². The van der Waals surface area contributed by atoms with Crippen LogP contribution in [-0.4, -0.2) is 57.3 Å². The van der Waals surface area contributed by atoms with E-state index in [9.17, 15) is 38.5 Å². The number of anilines is 3. The van der Waals surface area contributed by atoms with Gasteiger partial charge in [-0.1, -0.05) is 78.9 Å². The van der Waals surface area contributed by atoms with Gasteiger partial charge in [-0.2, -0.15) is 0 Å². The minimum Gasteiger partial charge on any atom is -0.508 e. The first-order valence-electron chi connectivity index (χ1n) is 21.6. The minimum atomic E-state index is -0.766. The molecule has 356 valence electrons. The van der Waals surface area contributed by atoms with Crippen LogP contribution in [0.15, 0.2) is 187 Å². The Balaban J connectivity index is 0.000000147. The van der Waals surface area contributed by atoms with Gasteiger partial charge in [-0.15, -0.1) is 0 Å². The van der Waals surface area contributed by atoms with Crippen molar-refractivity contribution in [3.63, 3.8) is 0 Å². The number of nitrogens with zero attached hydrogens (tertiary/aromatic N) is 3. The number of hydrogen-bond donors (Lipinski definition) is 5. The molecule has 1 aliphatic rings. The molecule has 1 aliphatic heterocycles. The molecule has 0 saturated heterocycles. The predicted octanol–water partition coefficient (Wildman–Crippen LogP) is 11.9. The predicted molar refractivity (Wildman–Crippen MR) is 275 cm³/mol. The summed E-state index contributed by atoms with van der Waals surface area (Å²) in [7, 11) is 7.11. The van der Waals surface area contributed by atoms with Crippen molar-refractivity contribution in [3.05, 3.63) is 221 Å². The first-order chi connectivity index (χ1) is 33.6. The number of carbonyl (C=O) groups excluding carboxylic acids is 2. The average Bonchev–Trinajstić information content (AvgIpc) is 3.36. The smallest absolute Gasteiger partial charge is 0.260 e. The molecule has 0 aliphatic carbocycles. The summed E-state index contributed by atoms with van der Waals surface area (Å²) in [4.78, 5) is 38.1. The van der Waals surface area contributed by atoms with Crippen molar-refractivity contribution in [1.29, 1.82) is 0 Å². The summed E-state index contributed by atoms with van der Waals surface area (Å²) in [5.41, 5.74) is 6.96. The van der Waals surface area contributed by atoms with Crippen LogP contribution in [0.3, 0.4) is 0 Å². The molecule has 10 rings (SSSR count). The normalized spacial score (nSPS) is 10.8. The zero-order chi connectivity index (χ0) is 50.5. The molecular formula is C56H49ClF2N4O7. The van der Waals surface area contributed by atoms with Crippen LogP contribution >= 0.6 is 11.6 Å². The molecule has 70 heavy (non-hydrogen) atoms. The lowest BCUT2D eigenvalue weighted by molar-refractivity contribution is 0.0988. The number of aryl methyl sites for hydroxylation is 1. The van der Waals surface area contributed by atoms with E-state index in [0.717, 1.165) is 34.2 Å². The number of phenols is 4. The van der Waals surface area contributed by atoms with Gasteiger partial charge in [-0.3, -0.25) is 14.4 Å². The monoisotopic (exact) mass is 962 g/mol. The summed E-state index contributed by atoms with van der Waals surface area (Å²) in [6.45, 7) is 0.895. The molecule has 0 unspecified atom stereocenters. The van der Waals surface area contributed by atoms with E-state index in [0.29, 0.717) is 22.6 Å². The van der Waals surface area contributed by atoms with Gasteiger partial charge in [0.05, 0.1) is 16.6 Å². The van der Waals surface area contributed by atoms with Gasteiger partial charge in [0.2, 0.25) is 0 Å². The maximum atomic E-state index is 13.5. The number of amides is 1. The van der Waals surface area contributed by atoms with Gasteiger partial charge < -0.3 is 40.1 Å². The molecule has 2 heterocycles. The first-order valence-corrected chi connectivity index (χ1v) is 22.0. The van der Waals surface area contributed by atoms with Crippen LogP contribution < -0.4 is 20.7 Å². The molecule has 1 amide bonds. The Morgan fingerprint density at radius 3 is 1.76 bits per heavy atom. The van der Waals surface area contributed by atoms with Crippen LogP contribution in [-0.2, 0) is 13.6 Å². The Hall–Kier alpha value is -8.68. The van der Waals surface area contributed by atoms with E-state index in [4.69, 9.17) is 16.7 Å². The van der Waals surface area contributed by atoms with Crippen molar-refractivity contribution in [2.45, 2.75) is 6.54 Å². The summed E-state index contributed by atoms with van der Waals surface area (Å²) >= 11 is 5.03. The van der Waals surface area contributed by atoms with Gasteiger partial charge in [0, 0.05) is 92.4 Å². The third-order valence-electron chi connectivity index (χ3n) is 11.0. The van der Waals surface area contributed by atoms with Crippen LogP contribution in [0.4, 0.5) is 25.8 Å². The number of nitrogens with one attached hydrogen (secondary N) is 1. The van der Waals surface area contributed by atoms with E-state index >= 15 is 0 Å². The largest absolute Gasteiger partial charge is 0.508 e. The van der Waals surface area contributed by atoms with Crippen LogP contribution in [0.25, 0.3) is 32.8 Å². The maximum absolute atomic E-state index is 13.5. The molecule has 1 aromatic heterocycles. The molecule has 11 nitrogen and oxygen atoms in total. The van der Waals surface area contributed by atoms with E-state index in [-0.39, 0.29) is 28.2 Å². The molecule has 9 aromatic rings. The van der Waals surface area contributed by atoms with Gasteiger partial charge in [-0.25, -0.2) is 8.78 Å². The zero-order valence-electron chi connectivity index (χ0n) is 38.5. The first kappa shape index (κ1) is 50.7. The SMILES string of the molecule is CN(C(=O)c1ccccc1F)c1cccc(O)c1.CN1Cc2ccccc2-c2ccc(O)cc21.CNc1cccc(O)c1.Cn1c(=O)c2ccccc2c2ccc(O)cc21.O=C(Cl)c1ccccc1F. The molecule has 8 aromatic carbocycles. The zero-order valence-corrected chi connectivity index (χ0v) is 39.3. The second kappa shape index (κ2) is 23.4. The Morgan fingerprint density at radius 1 is 0.586 bits per heavy atom. The number of benzene rings is 8. The highest BCUT2D eigenvalue weighted by molar-refractivity contribution is 6.67. The standard InChI is InChI=1S/C14H12FNO2.C14H11NO2.C14H13NO.C7H4ClFO.C7H9NO/c1-16(10-5-4-6-11(17)9-10)14(18)12-7-2-3-8-13(12)15;1-15-13-8-9(16)6-7-11(13)10-4-2-3-5-12(10)14(15)17;1-15-9-10-4-2-3-5-12(10)13-7-6-11(16)8-14(13)15;8-7(10)5-3-1-2-4-6(5)9;1-8-6-3-2-4-7(9)5-6/h2-9,17H,1H3;2-8,16H,1H3;2-8,16H,9H2,1H3;1-4H;2-5,8-9H,1H3. The molecule has 0 bridgehead atoms. The van der Waals surface area contributed by atoms with Gasteiger partial charge in [0.25, 0.3) is 16.7 Å². The Kier molecular flexibility index (Phi) is 16.9. The number of halogens is 3. The van der Waals surface area contributed by atoms with E-state index < -0.39 is 22.8 Å². The van der Waals surface area contributed by atoms with Crippen LogP contribution in [0, 0.1) is 11.6 Å². The number of carbonyl (C=O) groups is 2. The fourth-order valence-corrected chi connectivity index (χ4v) is 7.61. The van der Waals surface area contributed by atoms with Gasteiger partial charge in [-0.05, 0) is 107 Å². The highest BCUT2D eigenvalue weighted by Crippen LogP contribution is 2.40. The van der Waals surface area contributed by atoms with Crippen LogP contribution in [0.5, 0.6) is 23.0 Å². The minimum absolute atomic E-state index is 0.00310. The third kappa shape index (κ3) is 12.4. The topological polar surface area (TPSA) is 156 Å². The second-order valence-electron chi connectivity index (χ2n) is 15.7. The molecule has 0 spiro atoms. The van der Waals surface area contributed by atoms with Crippen molar-refractivity contribution >= 4 is 61.5 Å². The lowest BCUT2D eigenvalue weighted by Crippen LogP contribution is -2.26. The quantitative estimate of drug-likeness (QED) is 0.0856. The molecule has 0 saturated carbocycles. The van der Waals surface area contributed by atoms with Crippen molar-refractivity contribution in [2.24, 2.45) is 7.05 Å². The van der Waals surface area contributed by atoms with E-state index in [1.165, 1.54) is 77.2 Å². The third-order valence-corrected chi connectivity index (χ3v) is 11.3. The lowest BCUT2D eigenvalue weighted by Gasteiger charge is -2.29. The number of aromatic nitrogens is 1. The van der Waals surface area contributed by atoms with E-state index in [2.05, 4.69) is 34.5 Å².